The zero-order valence-electron chi connectivity index (χ0n) is 36.0. The lowest BCUT2D eigenvalue weighted by atomic mass is 9.94. The van der Waals surface area contributed by atoms with E-state index < -0.39 is 0 Å². The van der Waals surface area contributed by atoms with Crippen LogP contribution < -0.4 is 0 Å². The molecule has 15 rings (SSSR count). The number of furan rings is 2. The molecule has 4 heterocycles. The molecule has 15 aromatic rings. The van der Waals surface area contributed by atoms with Crippen LogP contribution in [0.2, 0.25) is 5.28 Å². The van der Waals surface area contributed by atoms with Crippen LogP contribution in [0, 0.1) is 0 Å². The van der Waals surface area contributed by atoms with Crippen molar-refractivity contribution in [2.75, 3.05) is 0 Å². The molecule has 0 aliphatic carbocycles. The van der Waals surface area contributed by atoms with E-state index in [-0.39, 0.29) is 5.28 Å². The summed E-state index contributed by atoms with van der Waals surface area (Å²) in [7, 11) is 0. The highest BCUT2D eigenvalue weighted by Gasteiger charge is 2.21. The van der Waals surface area contributed by atoms with Crippen LogP contribution in [0.3, 0.4) is 0 Å². The molecule has 4 aromatic heterocycles. The lowest BCUT2D eigenvalue weighted by molar-refractivity contribution is 0.669. The second-order valence-electron chi connectivity index (χ2n) is 17.7. The molecule has 0 aliphatic heterocycles. The van der Waals surface area contributed by atoms with Crippen LogP contribution in [0.4, 0.5) is 0 Å². The molecule has 0 fully saturated rings. The van der Waals surface area contributed by atoms with E-state index >= 15 is 0 Å². The first kappa shape index (κ1) is 37.4. The maximum Gasteiger partial charge on any atom is 0.226 e. The van der Waals surface area contributed by atoms with E-state index in [1.54, 1.807) is 0 Å². The average molecular weight is 889 g/mol. The Morgan fingerprint density at radius 1 is 0.338 bits per heavy atom. The van der Waals surface area contributed by atoms with Crippen molar-refractivity contribution in [1.29, 1.82) is 0 Å². The van der Waals surface area contributed by atoms with Crippen LogP contribution in [-0.2, 0) is 0 Å². The molecule has 0 unspecified atom stereocenters. The average Bonchev–Trinajstić information content (AvgIpc) is 4.10. The Balaban J connectivity index is 0.837. The number of nitrogens with zero attached hydrogens (tertiary/aromatic N) is 3. The van der Waals surface area contributed by atoms with Crippen molar-refractivity contribution >= 4 is 120 Å². The van der Waals surface area contributed by atoms with Gasteiger partial charge in [0.25, 0.3) is 0 Å². The van der Waals surface area contributed by atoms with Crippen molar-refractivity contribution in [2.45, 2.75) is 0 Å². The van der Waals surface area contributed by atoms with Gasteiger partial charge in [-0.05, 0) is 96.8 Å². The lowest BCUT2D eigenvalue weighted by Crippen LogP contribution is -1.97. The van der Waals surface area contributed by atoms with Crippen molar-refractivity contribution in [1.82, 2.24) is 19.9 Å². The third-order valence-corrected chi connectivity index (χ3v) is 14.2. The summed E-state index contributed by atoms with van der Waals surface area (Å²) in [6.07, 6.45) is 0. The van der Waals surface area contributed by atoms with E-state index in [4.69, 9.17) is 25.4 Å². The minimum absolute atomic E-state index is 0.134. The standard InChI is InChI=1S/C61H33ClN4O2/c62-61-65-59(36-23-22-33-10-1-2-11-34(33)30-36)64-60(66-61)37-24-26-42-50-31-35(25-28-51(50)67-53(42)32-37)38-16-7-17-43-41(38)27-29-52-54(43)49-21-9-19-47(58(49)68-52)46-18-8-20-48-55-44-14-5-3-12-39(44)40-13-4-6-15-45(40)57(55)63-56(46)48/h1-32,63H. The second kappa shape index (κ2) is 14.1. The Bertz CT molecular complexity index is 4660. The maximum absolute atomic E-state index is 6.90. The normalized spacial score (nSPS) is 12.2. The number of nitrogens with one attached hydrogen (secondary N) is 1. The molecule has 0 atom stereocenters. The zero-order chi connectivity index (χ0) is 44.6. The monoisotopic (exact) mass is 888 g/mol. The molecule has 0 bridgehead atoms. The summed E-state index contributed by atoms with van der Waals surface area (Å²) in [5.41, 5.74) is 11.6. The van der Waals surface area contributed by atoms with Crippen LogP contribution in [0.25, 0.3) is 154 Å². The third-order valence-electron chi connectivity index (χ3n) is 14.0. The summed E-state index contributed by atoms with van der Waals surface area (Å²) in [5.74, 6) is 0.997. The van der Waals surface area contributed by atoms with Gasteiger partial charge in [0.2, 0.25) is 5.28 Å². The SMILES string of the molecule is Clc1nc(-c2ccc3ccccc3c2)nc(-c2ccc3c(c2)oc2ccc(-c4cccc5c4ccc4oc6c(-c7cccc8c7[nH]c7c9ccccc9c9ccccc9c87)cccc6c45)cc23)n1. The molecule has 6 nitrogen and oxygen atoms in total. The van der Waals surface area contributed by atoms with Crippen molar-refractivity contribution in [3.8, 4) is 45.0 Å². The quantitative estimate of drug-likeness (QED) is 0.178. The molecule has 11 aromatic carbocycles. The number of hydrogen-bond acceptors (Lipinski definition) is 5. The fraction of sp³-hybridized carbons (Fsp3) is 0. The number of halogens is 1. The molecule has 0 saturated carbocycles. The lowest BCUT2D eigenvalue weighted by Gasteiger charge is -2.08. The van der Waals surface area contributed by atoms with Crippen molar-refractivity contribution in [3.05, 3.63) is 199 Å². The number of fused-ring (bicyclic) bond motifs is 17. The van der Waals surface area contributed by atoms with E-state index in [1.807, 2.05) is 30.3 Å². The van der Waals surface area contributed by atoms with Crippen LogP contribution in [0.5, 0.6) is 0 Å². The van der Waals surface area contributed by atoms with Gasteiger partial charge in [-0.15, -0.1) is 0 Å². The minimum atomic E-state index is 0.134. The van der Waals surface area contributed by atoms with Gasteiger partial charge in [0.15, 0.2) is 11.6 Å². The Labute approximate surface area is 391 Å². The van der Waals surface area contributed by atoms with Gasteiger partial charge in [-0.2, -0.15) is 9.97 Å². The van der Waals surface area contributed by atoms with Gasteiger partial charge in [0.05, 0.1) is 11.0 Å². The summed E-state index contributed by atoms with van der Waals surface area (Å²) in [6, 6.07) is 68.4. The first-order valence-electron chi connectivity index (χ1n) is 22.7. The summed E-state index contributed by atoms with van der Waals surface area (Å²) < 4.78 is 13.4. The maximum atomic E-state index is 6.90. The van der Waals surface area contributed by atoms with E-state index in [1.165, 1.54) is 32.3 Å². The van der Waals surface area contributed by atoms with Crippen molar-refractivity contribution < 1.29 is 8.83 Å². The highest BCUT2D eigenvalue weighted by molar-refractivity contribution is 6.33. The highest BCUT2D eigenvalue weighted by atomic mass is 35.5. The van der Waals surface area contributed by atoms with E-state index in [0.717, 1.165) is 110 Å². The van der Waals surface area contributed by atoms with Gasteiger partial charge in [-0.3, -0.25) is 0 Å². The van der Waals surface area contributed by atoms with Gasteiger partial charge < -0.3 is 13.8 Å². The summed E-state index contributed by atoms with van der Waals surface area (Å²) in [5, 5.41) is 16.3. The Morgan fingerprint density at radius 2 is 0.956 bits per heavy atom. The van der Waals surface area contributed by atoms with Crippen molar-refractivity contribution in [3.63, 3.8) is 0 Å². The third kappa shape index (κ3) is 5.43. The molecule has 68 heavy (non-hydrogen) atoms. The number of para-hydroxylation sites is 2. The molecular formula is C61H33ClN4O2. The number of hydrogen-bond donors (Lipinski definition) is 1. The zero-order valence-corrected chi connectivity index (χ0v) is 36.8. The molecule has 7 heteroatoms. The van der Waals surface area contributed by atoms with Crippen LogP contribution >= 0.6 is 11.6 Å². The predicted molar refractivity (Wildman–Crippen MR) is 281 cm³/mol. The highest BCUT2D eigenvalue weighted by Crippen LogP contribution is 2.46. The summed E-state index contributed by atoms with van der Waals surface area (Å²) in [6.45, 7) is 0. The van der Waals surface area contributed by atoms with E-state index in [2.05, 4.69) is 179 Å². The van der Waals surface area contributed by atoms with Gasteiger partial charge in [-0.25, -0.2) is 4.98 Å². The van der Waals surface area contributed by atoms with E-state index in [9.17, 15) is 0 Å². The number of benzene rings is 11. The van der Waals surface area contributed by atoms with Gasteiger partial charge in [0, 0.05) is 60.0 Å². The molecule has 0 spiro atoms. The fourth-order valence-electron chi connectivity index (χ4n) is 10.9. The molecule has 316 valence electrons. The molecule has 0 radical (unpaired) electrons. The summed E-state index contributed by atoms with van der Waals surface area (Å²) in [4.78, 5) is 17.8. The van der Waals surface area contributed by atoms with Gasteiger partial charge in [-0.1, -0.05) is 158 Å². The van der Waals surface area contributed by atoms with Gasteiger partial charge in [0.1, 0.15) is 22.3 Å². The largest absolute Gasteiger partial charge is 0.456 e. The number of aromatic nitrogens is 4. The first-order chi connectivity index (χ1) is 33.6. The van der Waals surface area contributed by atoms with Crippen LogP contribution in [0.15, 0.2) is 203 Å². The summed E-state index contributed by atoms with van der Waals surface area (Å²) >= 11 is 6.52. The Hall–Kier alpha value is -8.84. The predicted octanol–water partition coefficient (Wildman–Crippen LogP) is 17.2. The molecular weight excluding hydrogens is 856 g/mol. The van der Waals surface area contributed by atoms with Crippen molar-refractivity contribution in [2.24, 2.45) is 0 Å². The van der Waals surface area contributed by atoms with Crippen LogP contribution in [0.1, 0.15) is 0 Å². The van der Waals surface area contributed by atoms with E-state index in [0.29, 0.717) is 11.6 Å². The smallest absolute Gasteiger partial charge is 0.226 e. The van der Waals surface area contributed by atoms with Gasteiger partial charge >= 0.3 is 0 Å². The number of H-pyrrole nitrogens is 1. The molecule has 0 amide bonds. The minimum Gasteiger partial charge on any atom is -0.456 e. The number of aromatic amines is 1. The first-order valence-corrected chi connectivity index (χ1v) is 23.1. The molecule has 0 aliphatic rings. The Kier molecular flexibility index (Phi) is 7.74. The number of rotatable bonds is 4. The molecule has 0 saturated heterocycles. The topological polar surface area (TPSA) is 80.7 Å². The molecule has 1 N–H and O–H groups in total. The Morgan fingerprint density at radius 3 is 1.81 bits per heavy atom. The van der Waals surface area contributed by atoms with Crippen LogP contribution in [-0.4, -0.2) is 19.9 Å². The fourth-order valence-corrected chi connectivity index (χ4v) is 11.1. The second-order valence-corrected chi connectivity index (χ2v) is 18.0.